The first-order valence-corrected chi connectivity index (χ1v) is 5.98. The third-order valence-electron chi connectivity index (χ3n) is 2.94. The standard InChI is InChI=1S/C11H25N3O/c1-3-15-11(9-12)10-14-6-4-5-13(2)7-8-14/h11H,3-10,12H2,1-2H3. The van der Waals surface area contributed by atoms with Crippen molar-refractivity contribution in [1.29, 1.82) is 0 Å². The van der Waals surface area contributed by atoms with E-state index in [9.17, 15) is 0 Å². The topological polar surface area (TPSA) is 41.7 Å². The van der Waals surface area contributed by atoms with Crippen LogP contribution in [0.2, 0.25) is 0 Å². The van der Waals surface area contributed by atoms with E-state index in [2.05, 4.69) is 16.8 Å². The summed E-state index contributed by atoms with van der Waals surface area (Å²) in [6.07, 6.45) is 1.46. The van der Waals surface area contributed by atoms with Crippen molar-refractivity contribution in [3.05, 3.63) is 0 Å². The highest BCUT2D eigenvalue weighted by molar-refractivity contribution is 4.71. The molecule has 4 nitrogen and oxygen atoms in total. The van der Waals surface area contributed by atoms with Gasteiger partial charge in [-0.1, -0.05) is 0 Å². The van der Waals surface area contributed by atoms with Gasteiger partial charge in [-0.25, -0.2) is 0 Å². The Morgan fingerprint density at radius 1 is 1.27 bits per heavy atom. The Bertz CT molecular complexity index is 166. The summed E-state index contributed by atoms with van der Waals surface area (Å²) in [7, 11) is 2.19. The van der Waals surface area contributed by atoms with E-state index < -0.39 is 0 Å². The summed E-state index contributed by atoms with van der Waals surface area (Å²) in [5, 5.41) is 0. The van der Waals surface area contributed by atoms with Crippen LogP contribution in [0, 0.1) is 0 Å². The molecule has 15 heavy (non-hydrogen) atoms. The van der Waals surface area contributed by atoms with Crippen molar-refractivity contribution in [2.24, 2.45) is 5.73 Å². The van der Waals surface area contributed by atoms with Crippen LogP contribution in [0.4, 0.5) is 0 Å². The van der Waals surface area contributed by atoms with Gasteiger partial charge in [0, 0.05) is 32.8 Å². The molecule has 0 saturated carbocycles. The van der Waals surface area contributed by atoms with Crippen LogP contribution in [0.1, 0.15) is 13.3 Å². The fourth-order valence-corrected chi connectivity index (χ4v) is 2.00. The number of rotatable bonds is 5. The van der Waals surface area contributed by atoms with Gasteiger partial charge < -0.3 is 15.4 Å². The molecule has 1 atom stereocenters. The molecule has 1 heterocycles. The van der Waals surface area contributed by atoms with Crippen molar-refractivity contribution in [2.75, 3.05) is 52.9 Å². The van der Waals surface area contributed by atoms with E-state index in [0.29, 0.717) is 6.54 Å². The summed E-state index contributed by atoms with van der Waals surface area (Å²) >= 11 is 0. The number of likely N-dealkylation sites (N-methyl/N-ethyl adjacent to an activating group) is 1. The van der Waals surface area contributed by atoms with Gasteiger partial charge >= 0.3 is 0 Å². The minimum atomic E-state index is 0.207. The van der Waals surface area contributed by atoms with Gasteiger partial charge in [-0.05, 0) is 33.5 Å². The number of hydrogen-bond donors (Lipinski definition) is 1. The third-order valence-corrected chi connectivity index (χ3v) is 2.94. The second kappa shape index (κ2) is 7.17. The first-order chi connectivity index (χ1) is 7.26. The molecule has 0 radical (unpaired) electrons. The quantitative estimate of drug-likeness (QED) is 0.700. The molecule has 2 N–H and O–H groups in total. The number of hydrogen-bond acceptors (Lipinski definition) is 4. The fourth-order valence-electron chi connectivity index (χ4n) is 2.00. The van der Waals surface area contributed by atoms with Crippen LogP contribution in [0.25, 0.3) is 0 Å². The smallest absolute Gasteiger partial charge is 0.0823 e. The molecule has 1 aliphatic heterocycles. The van der Waals surface area contributed by atoms with Crippen molar-refractivity contribution in [1.82, 2.24) is 9.80 Å². The van der Waals surface area contributed by atoms with Crippen LogP contribution >= 0.6 is 0 Å². The number of nitrogens with two attached hydrogens (primary N) is 1. The summed E-state index contributed by atoms with van der Waals surface area (Å²) < 4.78 is 5.58. The van der Waals surface area contributed by atoms with Crippen molar-refractivity contribution < 1.29 is 4.74 Å². The lowest BCUT2D eigenvalue weighted by atomic mass is 10.3. The molecular weight excluding hydrogens is 190 g/mol. The van der Waals surface area contributed by atoms with E-state index in [1.807, 2.05) is 6.92 Å². The summed E-state index contributed by atoms with van der Waals surface area (Å²) in [6.45, 7) is 9.07. The molecule has 90 valence electrons. The monoisotopic (exact) mass is 215 g/mol. The molecule has 0 aliphatic carbocycles. The summed E-state index contributed by atoms with van der Waals surface area (Å²) in [4.78, 5) is 4.86. The predicted molar refractivity (Wildman–Crippen MR) is 63.0 cm³/mol. The largest absolute Gasteiger partial charge is 0.376 e. The summed E-state index contributed by atoms with van der Waals surface area (Å²) in [5.74, 6) is 0. The van der Waals surface area contributed by atoms with Crippen LogP contribution < -0.4 is 5.73 Å². The molecule has 1 unspecified atom stereocenters. The Hall–Kier alpha value is -0.160. The minimum Gasteiger partial charge on any atom is -0.376 e. The molecule has 1 aliphatic rings. The average Bonchev–Trinajstić information content (AvgIpc) is 2.43. The molecule has 0 bridgehead atoms. The van der Waals surface area contributed by atoms with Crippen LogP contribution in [0.15, 0.2) is 0 Å². The van der Waals surface area contributed by atoms with Gasteiger partial charge in [-0.15, -0.1) is 0 Å². The van der Waals surface area contributed by atoms with Gasteiger partial charge in [0.15, 0.2) is 0 Å². The van der Waals surface area contributed by atoms with E-state index in [0.717, 1.165) is 26.2 Å². The van der Waals surface area contributed by atoms with Gasteiger partial charge in [0.05, 0.1) is 6.10 Å². The van der Waals surface area contributed by atoms with Crippen LogP contribution in [-0.2, 0) is 4.74 Å². The molecule has 0 aromatic carbocycles. The van der Waals surface area contributed by atoms with Crippen molar-refractivity contribution >= 4 is 0 Å². The van der Waals surface area contributed by atoms with Gasteiger partial charge in [-0.2, -0.15) is 0 Å². The lowest BCUT2D eigenvalue weighted by Gasteiger charge is -2.25. The average molecular weight is 215 g/mol. The summed E-state index contributed by atoms with van der Waals surface area (Å²) in [6, 6.07) is 0. The Morgan fingerprint density at radius 3 is 2.73 bits per heavy atom. The maximum Gasteiger partial charge on any atom is 0.0823 e. The molecule has 1 saturated heterocycles. The van der Waals surface area contributed by atoms with E-state index >= 15 is 0 Å². The van der Waals surface area contributed by atoms with Crippen molar-refractivity contribution in [3.63, 3.8) is 0 Å². The molecule has 0 spiro atoms. The SMILES string of the molecule is CCOC(CN)CN1CCCN(C)CC1. The van der Waals surface area contributed by atoms with Gasteiger partial charge in [0.2, 0.25) is 0 Å². The second-order valence-electron chi connectivity index (χ2n) is 4.27. The molecular formula is C11H25N3O. The fraction of sp³-hybridized carbons (Fsp3) is 1.00. The summed E-state index contributed by atoms with van der Waals surface area (Å²) in [5.41, 5.74) is 5.68. The highest BCUT2D eigenvalue weighted by atomic mass is 16.5. The van der Waals surface area contributed by atoms with Crippen molar-refractivity contribution in [3.8, 4) is 0 Å². The Labute approximate surface area is 93.4 Å². The molecule has 1 fully saturated rings. The molecule has 4 heteroatoms. The predicted octanol–water partition coefficient (Wildman–Crippen LogP) is -0.0123. The molecule has 0 aromatic rings. The highest BCUT2D eigenvalue weighted by Crippen LogP contribution is 2.03. The minimum absolute atomic E-state index is 0.207. The van der Waals surface area contributed by atoms with E-state index in [4.69, 9.17) is 10.5 Å². The number of nitrogens with zero attached hydrogens (tertiary/aromatic N) is 2. The second-order valence-corrected chi connectivity index (χ2v) is 4.27. The van der Waals surface area contributed by atoms with Crippen LogP contribution in [0.3, 0.4) is 0 Å². The lowest BCUT2D eigenvalue weighted by molar-refractivity contribution is 0.0403. The van der Waals surface area contributed by atoms with Gasteiger partial charge in [-0.3, -0.25) is 4.90 Å². The molecule has 1 rings (SSSR count). The van der Waals surface area contributed by atoms with Gasteiger partial charge in [0.1, 0.15) is 0 Å². The van der Waals surface area contributed by atoms with E-state index in [-0.39, 0.29) is 6.10 Å². The first-order valence-electron chi connectivity index (χ1n) is 5.98. The molecule has 0 amide bonds. The Morgan fingerprint density at radius 2 is 2.07 bits per heavy atom. The normalized spacial score (nSPS) is 22.6. The Balaban J connectivity index is 2.29. The maximum atomic E-state index is 5.68. The van der Waals surface area contributed by atoms with Crippen molar-refractivity contribution in [2.45, 2.75) is 19.4 Å². The number of ether oxygens (including phenoxy) is 1. The lowest BCUT2D eigenvalue weighted by Crippen LogP contribution is -2.40. The Kier molecular flexibility index (Phi) is 6.17. The van der Waals surface area contributed by atoms with E-state index in [1.54, 1.807) is 0 Å². The maximum absolute atomic E-state index is 5.68. The zero-order chi connectivity index (χ0) is 11.1. The zero-order valence-electron chi connectivity index (χ0n) is 10.1. The zero-order valence-corrected chi connectivity index (χ0v) is 10.1. The van der Waals surface area contributed by atoms with Gasteiger partial charge in [0.25, 0.3) is 0 Å². The highest BCUT2D eigenvalue weighted by Gasteiger charge is 2.16. The van der Waals surface area contributed by atoms with E-state index in [1.165, 1.54) is 19.5 Å². The molecule has 0 aromatic heterocycles. The van der Waals surface area contributed by atoms with Crippen LogP contribution in [-0.4, -0.2) is 68.8 Å². The first kappa shape index (κ1) is 12.9. The third kappa shape index (κ3) is 4.93. The van der Waals surface area contributed by atoms with Crippen LogP contribution in [0.5, 0.6) is 0 Å².